The Morgan fingerprint density at radius 3 is 2.24 bits per heavy atom. The normalized spacial score (nSPS) is 10.9. The zero-order chi connectivity index (χ0) is 24.6. The molecule has 9 nitrogen and oxygen atoms in total. The Balaban J connectivity index is 1.70. The van der Waals surface area contributed by atoms with Gasteiger partial charge in [-0.15, -0.1) is 11.3 Å². The smallest absolute Gasteiger partial charge is 0.257 e. The van der Waals surface area contributed by atoms with Gasteiger partial charge in [0, 0.05) is 42.4 Å². The van der Waals surface area contributed by atoms with Crippen LogP contribution >= 0.6 is 11.3 Å². The highest BCUT2D eigenvalue weighted by molar-refractivity contribution is 7.89. The van der Waals surface area contributed by atoms with Crippen molar-refractivity contribution in [1.29, 1.82) is 10.5 Å². The van der Waals surface area contributed by atoms with Crippen molar-refractivity contribution in [1.82, 2.24) is 9.29 Å². The fourth-order valence-electron chi connectivity index (χ4n) is 3.02. The summed E-state index contributed by atoms with van der Waals surface area (Å²) < 4.78 is 32.0. The molecule has 1 amide bonds. The number of benzene rings is 2. The van der Waals surface area contributed by atoms with Crippen LogP contribution in [0.1, 0.15) is 23.2 Å². The summed E-state index contributed by atoms with van der Waals surface area (Å²) in [6.07, 6.45) is 0.0228. The molecular weight excluding hydrogens is 474 g/mol. The average Bonchev–Trinajstić information content (AvgIpc) is 3.32. The van der Waals surface area contributed by atoms with Gasteiger partial charge in [-0.25, -0.2) is 13.4 Å². The highest BCUT2D eigenvalue weighted by atomic mass is 32.2. The lowest BCUT2D eigenvalue weighted by molar-refractivity contribution is 0.102. The molecule has 0 atom stereocenters. The molecule has 0 fully saturated rings. The molecule has 0 unspecified atom stereocenters. The number of anilines is 1. The van der Waals surface area contributed by atoms with Crippen molar-refractivity contribution >= 4 is 32.4 Å². The number of carbonyl (C=O) groups is 1. The molecule has 11 heteroatoms. The van der Waals surface area contributed by atoms with E-state index in [-0.39, 0.29) is 36.4 Å². The number of rotatable bonds is 10. The Labute approximate surface area is 201 Å². The summed E-state index contributed by atoms with van der Waals surface area (Å²) in [5.74, 6) is 0.307. The Morgan fingerprint density at radius 1 is 1.06 bits per heavy atom. The van der Waals surface area contributed by atoms with Crippen molar-refractivity contribution in [2.24, 2.45) is 0 Å². The third kappa shape index (κ3) is 5.97. The third-order valence-corrected chi connectivity index (χ3v) is 7.48. The van der Waals surface area contributed by atoms with Gasteiger partial charge in [0.15, 0.2) is 5.13 Å². The van der Waals surface area contributed by atoms with Crippen molar-refractivity contribution in [3.05, 3.63) is 59.5 Å². The second-order valence-electron chi connectivity index (χ2n) is 6.97. The van der Waals surface area contributed by atoms with E-state index in [4.69, 9.17) is 15.3 Å². The van der Waals surface area contributed by atoms with Gasteiger partial charge in [0.2, 0.25) is 10.0 Å². The van der Waals surface area contributed by atoms with Crippen molar-refractivity contribution in [2.45, 2.75) is 17.7 Å². The van der Waals surface area contributed by atoms with Gasteiger partial charge in [-0.05, 0) is 48.5 Å². The predicted molar refractivity (Wildman–Crippen MR) is 128 cm³/mol. The van der Waals surface area contributed by atoms with E-state index in [0.717, 1.165) is 15.6 Å². The van der Waals surface area contributed by atoms with Crippen molar-refractivity contribution in [3.63, 3.8) is 0 Å². The lowest BCUT2D eigenvalue weighted by Gasteiger charge is -2.20. The van der Waals surface area contributed by atoms with Gasteiger partial charge < -0.3 is 4.74 Å². The number of nitriles is 2. The van der Waals surface area contributed by atoms with Crippen LogP contribution in [0.25, 0.3) is 11.3 Å². The summed E-state index contributed by atoms with van der Waals surface area (Å²) in [5.41, 5.74) is 1.85. The van der Waals surface area contributed by atoms with Crippen LogP contribution in [0.5, 0.6) is 5.75 Å². The highest BCUT2D eigenvalue weighted by Gasteiger charge is 2.24. The topological polar surface area (TPSA) is 136 Å². The molecule has 1 N–H and O–H groups in total. The average molecular weight is 496 g/mol. The Hall–Kier alpha value is -3.77. The van der Waals surface area contributed by atoms with Gasteiger partial charge in [-0.2, -0.15) is 14.8 Å². The number of methoxy groups -OCH3 is 1. The number of amides is 1. The summed E-state index contributed by atoms with van der Waals surface area (Å²) >= 11 is 1.27. The van der Waals surface area contributed by atoms with Crippen LogP contribution in [-0.2, 0) is 10.0 Å². The molecule has 1 heterocycles. The minimum Gasteiger partial charge on any atom is -0.497 e. The van der Waals surface area contributed by atoms with Crippen LogP contribution in [0.3, 0.4) is 0 Å². The number of nitrogens with one attached hydrogen (secondary N) is 1. The number of ether oxygens (including phenoxy) is 1. The minimum absolute atomic E-state index is 0.0106. The number of carbonyl (C=O) groups excluding carboxylic acids is 1. The molecule has 3 rings (SSSR count). The maximum atomic E-state index is 12.9. The standard InChI is InChI=1S/C23H21N5O4S2/c1-32-19-8-4-17(5-9-19)21-16-33-23(26-21)27-22(29)18-6-10-20(11-7-18)34(30,31)28(14-2-12-24)15-3-13-25/h4-11,16H,2-3,14-15H2,1H3,(H,26,27,29). The summed E-state index contributed by atoms with van der Waals surface area (Å²) in [6, 6.07) is 16.7. The van der Waals surface area contributed by atoms with Crippen molar-refractivity contribution in [2.75, 3.05) is 25.5 Å². The molecule has 174 valence electrons. The van der Waals surface area contributed by atoms with Crippen molar-refractivity contribution in [3.8, 4) is 29.1 Å². The molecule has 0 saturated carbocycles. The molecule has 3 aromatic rings. The van der Waals surface area contributed by atoms with Gasteiger partial charge in [-0.1, -0.05) is 0 Å². The van der Waals surface area contributed by atoms with Crippen LogP contribution in [-0.4, -0.2) is 43.8 Å². The fraction of sp³-hybridized carbons (Fsp3) is 0.217. The molecule has 0 saturated heterocycles. The first-order valence-corrected chi connectivity index (χ1v) is 12.5. The number of hydrogen-bond acceptors (Lipinski definition) is 8. The van der Waals surface area contributed by atoms with Gasteiger partial charge >= 0.3 is 0 Å². The third-order valence-electron chi connectivity index (χ3n) is 4.81. The quantitative estimate of drug-likeness (QED) is 0.450. The zero-order valence-electron chi connectivity index (χ0n) is 18.3. The number of sulfonamides is 1. The van der Waals surface area contributed by atoms with Gasteiger partial charge in [-0.3, -0.25) is 10.1 Å². The Bertz CT molecular complexity index is 1300. The number of hydrogen-bond donors (Lipinski definition) is 1. The summed E-state index contributed by atoms with van der Waals surface area (Å²) in [4.78, 5) is 17.0. The summed E-state index contributed by atoms with van der Waals surface area (Å²) in [5, 5.41) is 22.5. The second-order valence-corrected chi connectivity index (χ2v) is 9.76. The number of thiazole rings is 1. The first-order valence-electron chi connectivity index (χ1n) is 10.1. The van der Waals surface area contributed by atoms with Crippen molar-refractivity contribution < 1.29 is 17.9 Å². The van der Waals surface area contributed by atoms with Gasteiger partial charge in [0.05, 0.1) is 29.8 Å². The van der Waals surface area contributed by atoms with E-state index in [1.807, 2.05) is 41.8 Å². The fourth-order valence-corrected chi connectivity index (χ4v) is 5.18. The number of aromatic nitrogens is 1. The maximum absolute atomic E-state index is 12.9. The van der Waals surface area contributed by atoms with Crippen LogP contribution in [0.2, 0.25) is 0 Å². The molecule has 34 heavy (non-hydrogen) atoms. The first kappa shape index (κ1) is 24.9. The van der Waals surface area contributed by atoms with E-state index >= 15 is 0 Å². The van der Waals surface area contributed by atoms with Crippen LogP contribution in [0.15, 0.2) is 58.8 Å². The molecular formula is C23H21N5O4S2. The molecule has 2 aromatic carbocycles. The summed E-state index contributed by atoms with van der Waals surface area (Å²) in [7, 11) is -2.31. The SMILES string of the molecule is COc1ccc(-c2csc(NC(=O)c3ccc(S(=O)(=O)N(CCC#N)CCC#N)cc3)n2)cc1. The van der Waals surface area contributed by atoms with E-state index in [1.165, 1.54) is 35.6 Å². The van der Waals surface area contributed by atoms with E-state index in [0.29, 0.717) is 10.8 Å². The Morgan fingerprint density at radius 2 is 1.68 bits per heavy atom. The van der Waals surface area contributed by atoms with E-state index in [1.54, 1.807) is 7.11 Å². The lowest BCUT2D eigenvalue weighted by atomic mass is 10.2. The highest BCUT2D eigenvalue weighted by Crippen LogP contribution is 2.27. The maximum Gasteiger partial charge on any atom is 0.257 e. The van der Waals surface area contributed by atoms with Crippen LogP contribution in [0, 0.1) is 22.7 Å². The van der Waals surface area contributed by atoms with Crippen LogP contribution < -0.4 is 10.1 Å². The second kappa shape index (κ2) is 11.4. The predicted octanol–water partition coefficient (Wildman–Crippen LogP) is 3.89. The van der Waals surface area contributed by atoms with Gasteiger partial charge in [0.1, 0.15) is 5.75 Å². The minimum atomic E-state index is -3.90. The molecule has 0 aliphatic carbocycles. The zero-order valence-corrected chi connectivity index (χ0v) is 19.9. The summed E-state index contributed by atoms with van der Waals surface area (Å²) in [6.45, 7) is -0.0212. The van der Waals surface area contributed by atoms with E-state index in [9.17, 15) is 13.2 Å². The lowest BCUT2D eigenvalue weighted by Crippen LogP contribution is -2.32. The van der Waals surface area contributed by atoms with Crippen LogP contribution in [0.4, 0.5) is 5.13 Å². The van der Waals surface area contributed by atoms with E-state index in [2.05, 4.69) is 10.3 Å². The Kier molecular flexibility index (Phi) is 8.33. The van der Waals surface area contributed by atoms with E-state index < -0.39 is 15.9 Å². The largest absolute Gasteiger partial charge is 0.497 e. The molecule has 0 radical (unpaired) electrons. The van der Waals surface area contributed by atoms with Gasteiger partial charge in [0.25, 0.3) is 5.91 Å². The molecule has 0 spiro atoms. The molecule has 0 bridgehead atoms. The molecule has 0 aliphatic heterocycles. The molecule has 1 aromatic heterocycles. The monoisotopic (exact) mass is 495 g/mol. The molecule has 0 aliphatic rings. The first-order chi connectivity index (χ1) is 16.4. The number of nitrogens with zero attached hydrogens (tertiary/aromatic N) is 4.